The summed E-state index contributed by atoms with van der Waals surface area (Å²) in [5, 5.41) is 2.70. The summed E-state index contributed by atoms with van der Waals surface area (Å²) in [5.41, 5.74) is 5.99. The standard InChI is InChI=1S/C11H13FN2O/c12-9-4-3-8(6-10(9)13)14-11(15)5-7-1-2-7/h3-4,6-7H,1-2,5,13H2,(H,14,15). The van der Waals surface area contributed by atoms with Gasteiger partial charge in [-0.1, -0.05) is 0 Å². The summed E-state index contributed by atoms with van der Waals surface area (Å²) in [6.07, 6.45) is 2.83. The zero-order valence-electron chi connectivity index (χ0n) is 8.29. The summed E-state index contributed by atoms with van der Waals surface area (Å²) < 4.78 is 12.8. The maximum absolute atomic E-state index is 12.8. The van der Waals surface area contributed by atoms with E-state index in [0.29, 0.717) is 18.0 Å². The molecule has 0 atom stereocenters. The predicted molar refractivity (Wildman–Crippen MR) is 56.8 cm³/mol. The number of anilines is 2. The second kappa shape index (κ2) is 3.88. The van der Waals surface area contributed by atoms with Gasteiger partial charge in [0.05, 0.1) is 5.69 Å². The van der Waals surface area contributed by atoms with Crippen LogP contribution in [0.4, 0.5) is 15.8 Å². The zero-order chi connectivity index (χ0) is 10.8. The van der Waals surface area contributed by atoms with Crippen molar-refractivity contribution in [3.8, 4) is 0 Å². The normalized spacial score (nSPS) is 15.0. The van der Waals surface area contributed by atoms with E-state index < -0.39 is 5.82 Å². The second-order valence-corrected chi connectivity index (χ2v) is 3.93. The van der Waals surface area contributed by atoms with Crippen LogP contribution < -0.4 is 11.1 Å². The molecule has 15 heavy (non-hydrogen) atoms. The molecule has 0 aromatic heterocycles. The van der Waals surface area contributed by atoms with Gasteiger partial charge in [0.2, 0.25) is 5.91 Å². The molecule has 3 N–H and O–H groups in total. The lowest BCUT2D eigenvalue weighted by molar-refractivity contribution is -0.116. The van der Waals surface area contributed by atoms with Crippen molar-refractivity contribution in [1.29, 1.82) is 0 Å². The second-order valence-electron chi connectivity index (χ2n) is 3.93. The molecular formula is C11H13FN2O. The average Bonchev–Trinajstić information content (AvgIpc) is 2.95. The molecule has 1 aliphatic carbocycles. The molecule has 0 saturated heterocycles. The van der Waals surface area contributed by atoms with Crippen LogP contribution in [-0.4, -0.2) is 5.91 Å². The van der Waals surface area contributed by atoms with Gasteiger partial charge in [-0.25, -0.2) is 4.39 Å². The SMILES string of the molecule is Nc1cc(NC(=O)CC2CC2)ccc1F. The molecule has 1 aromatic rings. The highest BCUT2D eigenvalue weighted by molar-refractivity contribution is 5.91. The summed E-state index contributed by atoms with van der Waals surface area (Å²) in [6, 6.07) is 4.19. The van der Waals surface area contributed by atoms with Gasteiger partial charge in [-0.2, -0.15) is 0 Å². The lowest BCUT2D eigenvalue weighted by Gasteiger charge is -2.05. The molecule has 1 aliphatic rings. The molecule has 1 amide bonds. The number of nitrogens with two attached hydrogens (primary N) is 1. The van der Waals surface area contributed by atoms with Crippen LogP contribution in [0.3, 0.4) is 0 Å². The van der Waals surface area contributed by atoms with Gasteiger partial charge in [0.25, 0.3) is 0 Å². The number of hydrogen-bond acceptors (Lipinski definition) is 2. The number of carbonyl (C=O) groups excluding carboxylic acids is 1. The van der Waals surface area contributed by atoms with Crippen LogP contribution in [0.15, 0.2) is 18.2 Å². The fraction of sp³-hybridized carbons (Fsp3) is 0.364. The van der Waals surface area contributed by atoms with Crippen molar-refractivity contribution in [2.75, 3.05) is 11.1 Å². The summed E-state index contributed by atoms with van der Waals surface area (Å²) in [5.74, 6) is 0.0569. The van der Waals surface area contributed by atoms with Crippen LogP contribution in [0.2, 0.25) is 0 Å². The fourth-order valence-corrected chi connectivity index (χ4v) is 1.42. The van der Waals surface area contributed by atoms with Gasteiger partial charge in [-0.05, 0) is 37.0 Å². The van der Waals surface area contributed by atoms with E-state index in [9.17, 15) is 9.18 Å². The quantitative estimate of drug-likeness (QED) is 0.748. The monoisotopic (exact) mass is 208 g/mol. The van der Waals surface area contributed by atoms with Gasteiger partial charge in [0, 0.05) is 12.1 Å². The van der Waals surface area contributed by atoms with Crippen LogP contribution in [0, 0.1) is 11.7 Å². The Hall–Kier alpha value is -1.58. The molecule has 4 heteroatoms. The number of halogens is 1. The topological polar surface area (TPSA) is 55.1 Å². The first-order valence-electron chi connectivity index (χ1n) is 5.00. The fourth-order valence-electron chi connectivity index (χ4n) is 1.42. The Balaban J connectivity index is 1.97. The Morgan fingerprint density at radius 3 is 2.87 bits per heavy atom. The maximum Gasteiger partial charge on any atom is 0.224 e. The summed E-state index contributed by atoms with van der Waals surface area (Å²) in [4.78, 5) is 11.4. The molecule has 80 valence electrons. The van der Waals surface area contributed by atoms with E-state index in [4.69, 9.17) is 5.73 Å². The molecule has 0 aliphatic heterocycles. The highest BCUT2D eigenvalue weighted by atomic mass is 19.1. The number of benzene rings is 1. The van der Waals surface area contributed by atoms with E-state index in [1.807, 2.05) is 0 Å². The molecular weight excluding hydrogens is 195 g/mol. The Labute approximate surface area is 87.5 Å². The molecule has 1 aromatic carbocycles. The van der Waals surface area contributed by atoms with Gasteiger partial charge in [-0.3, -0.25) is 4.79 Å². The Morgan fingerprint density at radius 1 is 1.53 bits per heavy atom. The van der Waals surface area contributed by atoms with E-state index in [0.717, 1.165) is 12.8 Å². The average molecular weight is 208 g/mol. The third-order valence-electron chi connectivity index (χ3n) is 2.45. The molecule has 1 saturated carbocycles. The number of hydrogen-bond donors (Lipinski definition) is 2. The molecule has 0 unspecified atom stereocenters. The highest BCUT2D eigenvalue weighted by Gasteiger charge is 2.24. The minimum Gasteiger partial charge on any atom is -0.396 e. The maximum atomic E-state index is 12.8. The van der Waals surface area contributed by atoms with E-state index >= 15 is 0 Å². The first-order chi connectivity index (χ1) is 7.15. The van der Waals surface area contributed by atoms with Crippen molar-refractivity contribution in [2.45, 2.75) is 19.3 Å². The minimum atomic E-state index is -0.463. The Kier molecular flexibility index (Phi) is 2.58. The summed E-state index contributed by atoms with van der Waals surface area (Å²) >= 11 is 0. The first-order valence-corrected chi connectivity index (χ1v) is 5.00. The van der Waals surface area contributed by atoms with Crippen molar-refractivity contribution in [1.82, 2.24) is 0 Å². The Bertz CT molecular complexity index is 388. The van der Waals surface area contributed by atoms with Crippen LogP contribution in [0.5, 0.6) is 0 Å². The minimum absolute atomic E-state index is 0.0245. The molecule has 0 heterocycles. The van der Waals surface area contributed by atoms with Crippen molar-refractivity contribution in [3.63, 3.8) is 0 Å². The third kappa shape index (κ3) is 2.68. The largest absolute Gasteiger partial charge is 0.396 e. The van der Waals surface area contributed by atoms with E-state index in [2.05, 4.69) is 5.32 Å². The smallest absolute Gasteiger partial charge is 0.224 e. The summed E-state index contributed by atoms with van der Waals surface area (Å²) in [6.45, 7) is 0. The predicted octanol–water partition coefficient (Wildman–Crippen LogP) is 2.15. The van der Waals surface area contributed by atoms with Gasteiger partial charge in [0.15, 0.2) is 0 Å². The number of carbonyl (C=O) groups is 1. The first kappa shape index (κ1) is 9.96. The molecule has 0 spiro atoms. The summed E-state index contributed by atoms with van der Waals surface area (Å²) in [7, 11) is 0. The molecule has 2 rings (SSSR count). The van der Waals surface area contributed by atoms with Gasteiger partial charge < -0.3 is 11.1 Å². The number of nitrogens with one attached hydrogen (secondary N) is 1. The van der Waals surface area contributed by atoms with E-state index in [1.54, 1.807) is 0 Å². The molecule has 0 radical (unpaired) electrons. The zero-order valence-corrected chi connectivity index (χ0v) is 8.29. The van der Waals surface area contributed by atoms with Crippen LogP contribution in [-0.2, 0) is 4.79 Å². The lowest BCUT2D eigenvalue weighted by atomic mass is 10.2. The van der Waals surface area contributed by atoms with Gasteiger partial charge in [0.1, 0.15) is 5.82 Å². The van der Waals surface area contributed by atoms with Crippen LogP contribution >= 0.6 is 0 Å². The number of amides is 1. The van der Waals surface area contributed by atoms with Crippen LogP contribution in [0.25, 0.3) is 0 Å². The molecule has 0 bridgehead atoms. The third-order valence-corrected chi connectivity index (χ3v) is 2.45. The van der Waals surface area contributed by atoms with E-state index in [-0.39, 0.29) is 11.6 Å². The van der Waals surface area contributed by atoms with Crippen molar-refractivity contribution in [2.24, 2.45) is 5.92 Å². The van der Waals surface area contributed by atoms with Crippen molar-refractivity contribution >= 4 is 17.3 Å². The van der Waals surface area contributed by atoms with E-state index in [1.165, 1.54) is 18.2 Å². The van der Waals surface area contributed by atoms with Gasteiger partial charge in [-0.15, -0.1) is 0 Å². The van der Waals surface area contributed by atoms with Gasteiger partial charge >= 0.3 is 0 Å². The Morgan fingerprint density at radius 2 is 2.27 bits per heavy atom. The van der Waals surface area contributed by atoms with Crippen molar-refractivity contribution < 1.29 is 9.18 Å². The lowest BCUT2D eigenvalue weighted by Crippen LogP contribution is -2.12. The highest BCUT2D eigenvalue weighted by Crippen LogP contribution is 2.32. The van der Waals surface area contributed by atoms with Crippen molar-refractivity contribution in [3.05, 3.63) is 24.0 Å². The van der Waals surface area contributed by atoms with Crippen LogP contribution in [0.1, 0.15) is 19.3 Å². The molecule has 1 fully saturated rings. The number of nitrogen functional groups attached to an aromatic ring is 1. The number of rotatable bonds is 3. The molecule has 3 nitrogen and oxygen atoms in total.